The van der Waals surface area contributed by atoms with Gasteiger partial charge in [-0.25, -0.2) is 4.79 Å². The fourth-order valence-corrected chi connectivity index (χ4v) is 5.13. The van der Waals surface area contributed by atoms with Crippen LogP contribution in [0.4, 0.5) is 4.79 Å². The molecule has 0 radical (unpaired) electrons. The second-order valence-electron chi connectivity index (χ2n) is 8.34. The smallest absolute Gasteiger partial charge is 0.404 e. The van der Waals surface area contributed by atoms with Gasteiger partial charge in [-0.2, -0.15) is 0 Å². The van der Waals surface area contributed by atoms with Crippen molar-refractivity contribution in [1.29, 1.82) is 0 Å². The number of ether oxygens (including phenoxy) is 2. The van der Waals surface area contributed by atoms with Gasteiger partial charge in [0.1, 0.15) is 6.61 Å². The Morgan fingerprint density at radius 3 is 2.77 bits per heavy atom. The van der Waals surface area contributed by atoms with Gasteiger partial charge >= 0.3 is 6.09 Å². The molecule has 2 fully saturated rings. The number of hydrogen-bond donors (Lipinski definition) is 3. The largest absolute Gasteiger partial charge is 0.449 e. The van der Waals surface area contributed by atoms with Crippen molar-refractivity contribution < 1.29 is 23.9 Å². The van der Waals surface area contributed by atoms with Crippen molar-refractivity contribution in [3.8, 4) is 0 Å². The molecule has 2 saturated heterocycles. The average Bonchev–Trinajstić information content (AvgIpc) is 3.35. The number of amides is 1. The summed E-state index contributed by atoms with van der Waals surface area (Å²) >= 11 is 0. The quantitative estimate of drug-likeness (QED) is 0.199. The monoisotopic (exact) mass is 431 g/mol. The lowest BCUT2D eigenvalue weighted by Gasteiger charge is -2.39. The molecule has 0 saturated carbocycles. The molecule has 0 aromatic heterocycles. The molecule has 1 aliphatic carbocycles. The van der Waals surface area contributed by atoms with Gasteiger partial charge in [0.2, 0.25) is 11.6 Å². The Labute approximate surface area is 180 Å². The molecule has 4 atom stereocenters. The number of carbonyl (C=O) groups excluding carboxylic acids is 3. The molecule has 4 rings (SSSR count). The lowest BCUT2D eigenvalue weighted by Crippen LogP contribution is -2.55. The molecular weight excluding hydrogens is 402 g/mol. The van der Waals surface area contributed by atoms with Crippen molar-refractivity contribution in [3.63, 3.8) is 0 Å². The molecular formula is C21H29N5O5. The van der Waals surface area contributed by atoms with Crippen LogP contribution < -0.4 is 16.8 Å². The number of fused-ring (bicyclic) bond motifs is 4. The molecule has 31 heavy (non-hydrogen) atoms. The lowest BCUT2D eigenvalue weighted by atomic mass is 9.82. The Balaban J connectivity index is 1.64. The first kappa shape index (κ1) is 21.5. The minimum atomic E-state index is -1.01. The van der Waals surface area contributed by atoms with Gasteiger partial charge in [0, 0.05) is 38.0 Å². The standard InChI is InChI=1S/C21H29N5O5/c1-3-4-5-6-7-24-8-11-15(22)18(28)14-12(10-31-20(23)29)21(30-2)19-13(25-19)9-26(21)16(14)17(11)27/h8,12-13,19,25H,3-7,9-10,22H2,1-2H3,(H2,23,29)/t12-,13+,19+,21-/m1/s1. The first-order chi connectivity index (χ1) is 14.9. The Hall–Kier alpha value is -2.72. The SMILES string of the molecule is CCCCCCN=CC1=C(N)C(=O)C2=C(C1=O)N1C[C@@H]3N[C@@H]3[C@]1(OC)[C@@H]2COC(N)=O. The summed E-state index contributed by atoms with van der Waals surface area (Å²) < 4.78 is 11.0. The molecule has 10 nitrogen and oxygen atoms in total. The summed E-state index contributed by atoms with van der Waals surface area (Å²) in [5, 5.41) is 3.31. The van der Waals surface area contributed by atoms with Gasteiger partial charge in [-0.1, -0.05) is 26.2 Å². The second kappa shape index (κ2) is 8.08. The van der Waals surface area contributed by atoms with Gasteiger partial charge in [0.15, 0.2) is 5.72 Å². The molecule has 0 spiro atoms. The van der Waals surface area contributed by atoms with E-state index in [0.29, 0.717) is 13.1 Å². The van der Waals surface area contributed by atoms with Gasteiger partial charge in [0.05, 0.1) is 28.9 Å². The number of aliphatic imine (C=N–C) groups is 1. The number of nitrogens with zero attached hydrogens (tertiary/aromatic N) is 2. The third-order valence-electron chi connectivity index (χ3n) is 6.63. The highest BCUT2D eigenvalue weighted by Crippen LogP contribution is 2.55. The molecule has 0 bridgehead atoms. The molecule has 10 heteroatoms. The third kappa shape index (κ3) is 3.25. The Bertz CT molecular complexity index is 910. The second-order valence-corrected chi connectivity index (χ2v) is 8.34. The average molecular weight is 431 g/mol. The number of piperazine rings is 1. The first-order valence-corrected chi connectivity index (χ1v) is 10.7. The predicted octanol–water partition coefficient (Wildman–Crippen LogP) is -0.0200. The van der Waals surface area contributed by atoms with Crippen LogP contribution in [0.2, 0.25) is 0 Å². The summed E-state index contributed by atoms with van der Waals surface area (Å²) in [6, 6.07) is 0.0361. The zero-order chi connectivity index (χ0) is 22.3. The number of rotatable bonds is 9. The molecule has 4 aliphatic rings. The minimum absolute atomic E-state index is 0.0953. The van der Waals surface area contributed by atoms with E-state index >= 15 is 0 Å². The highest BCUT2D eigenvalue weighted by Gasteiger charge is 2.72. The van der Waals surface area contributed by atoms with Crippen LogP contribution in [0.25, 0.3) is 0 Å². The summed E-state index contributed by atoms with van der Waals surface area (Å²) in [5.41, 5.74) is 10.7. The van der Waals surface area contributed by atoms with Gasteiger partial charge < -0.3 is 31.2 Å². The van der Waals surface area contributed by atoms with Crippen LogP contribution in [0.1, 0.15) is 32.6 Å². The highest BCUT2D eigenvalue weighted by atomic mass is 16.6. The number of ketones is 2. The minimum Gasteiger partial charge on any atom is -0.449 e. The molecule has 0 aromatic rings. The Morgan fingerprint density at radius 2 is 2.10 bits per heavy atom. The molecule has 0 aromatic carbocycles. The van der Waals surface area contributed by atoms with Crippen LogP contribution in [0.3, 0.4) is 0 Å². The summed E-state index contributed by atoms with van der Waals surface area (Å²) in [5.74, 6) is -1.50. The molecule has 168 valence electrons. The summed E-state index contributed by atoms with van der Waals surface area (Å²) in [7, 11) is 1.52. The van der Waals surface area contributed by atoms with E-state index < -0.39 is 23.5 Å². The fourth-order valence-electron chi connectivity index (χ4n) is 5.13. The number of methoxy groups -OCH3 is 1. The number of nitrogens with two attached hydrogens (primary N) is 2. The van der Waals surface area contributed by atoms with Crippen LogP contribution in [-0.2, 0) is 19.1 Å². The normalized spacial score (nSPS) is 31.4. The van der Waals surface area contributed by atoms with Gasteiger partial charge in [0.25, 0.3) is 0 Å². The molecule has 5 N–H and O–H groups in total. The van der Waals surface area contributed by atoms with Crippen molar-refractivity contribution in [2.45, 2.75) is 50.4 Å². The van der Waals surface area contributed by atoms with E-state index in [0.717, 1.165) is 25.7 Å². The van der Waals surface area contributed by atoms with Crippen molar-refractivity contribution in [2.75, 3.05) is 26.8 Å². The maximum absolute atomic E-state index is 13.4. The van der Waals surface area contributed by atoms with Crippen LogP contribution in [-0.4, -0.2) is 73.4 Å². The number of unbranched alkanes of at least 4 members (excludes halogenated alkanes) is 3. The van der Waals surface area contributed by atoms with E-state index in [1.165, 1.54) is 13.3 Å². The van der Waals surface area contributed by atoms with E-state index in [1.807, 2.05) is 4.90 Å². The van der Waals surface area contributed by atoms with Crippen LogP contribution in [0, 0.1) is 5.92 Å². The maximum atomic E-state index is 13.4. The predicted molar refractivity (Wildman–Crippen MR) is 112 cm³/mol. The number of carbonyl (C=O) groups is 3. The van der Waals surface area contributed by atoms with Gasteiger partial charge in [-0.3, -0.25) is 14.6 Å². The van der Waals surface area contributed by atoms with E-state index in [2.05, 4.69) is 17.2 Å². The zero-order valence-electron chi connectivity index (χ0n) is 17.8. The number of hydrogen-bond acceptors (Lipinski definition) is 9. The van der Waals surface area contributed by atoms with Crippen molar-refractivity contribution in [2.24, 2.45) is 22.4 Å². The van der Waals surface area contributed by atoms with E-state index in [1.54, 1.807) is 0 Å². The number of primary amides is 1. The topological polar surface area (TPSA) is 159 Å². The summed E-state index contributed by atoms with van der Waals surface area (Å²) in [6.07, 6.45) is 4.69. The lowest BCUT2D eigenvalue weighted by molar-refractivity contribution is -0.137. The van der Waals surface area contributed by atoms with Crippen LogP contribution in [0.15, 0.2) is 27.5 Å². The van der Waals surface area contributed by atoms with E-state index in [-0.39, 0.29) is 47.0 Å². The van der Waals surface area contributed by atoms with Crippen molar-refractivity contribution in [3.05, 3.63) is 22.5 Å². The molecule has 3 aliphatic heterocycles. The highest BCUT2D eigenvalue weighted by molar-refractivity contribution is 6.32. The fraction of sp³-hybridized carbons (Fsp3) is 0.619. The Morgan fingerprint density at radius 1 is 1.32 bits per heavy atom. The molecule has 3 heterocycles. The number of allylic oxidation sites excluding steroid dienone is 2. The molecule has 1 amide bonds. The van der Waals surface area contributed by atoms with Gasteiger partial charge in [-0.05, 0) is 6.42 Å². The Kier molecular flexibility index (Phi) is 5.61. The zero-order valence-corrected chi connectivity index (χ0v) is 17.8. The van der Waals surface area contributed by atoms with Crippen molar-refractivity contribution >= 4 is 23.9 Å². The number of Topliss-reactive ketones (excluding diaryl/α,β-unsaturated/α-hetero) is 2. The third-order valence-corrected chi connectivity index (χ3v) is 6.63. The van der Waals surface area contributed by atoms with Crippen LogP contribution >= 0.6 is 0 Å². The van der Waals surface area contributed by atoms with Crippen LogP contribution in [0.5, 0.6) is 0 Å². The van der Waals surface area contributed by atoms with E-state index in [4.69, 9.17) is 20.9 Å². The summed E-state index contributed by atoms with van der Waals surface area (Å²) in [4.78, 5) is 44.2. The number of nitrogens with one attached hydrogen (secondary N) is 1. The van der Waals surface area contributed by atoms with Gasteiger partial charge in [-0.15, -0.1) is 0 Å². The maximum Gasteiger partial charge on any atom is 0.404 e. The first-order valence-electron chi connectivity index (χ1n) is 10.7. The molecule has 0 unspecified atom stereocenters. The summed E-state index contributed by atoms with van der Waals surface area (Å²) in [6.45, 7) is 3.02. The van der Waals surface area contributed by atoms with Crippen molar-refractivity contribution in [1.82, 2.24) is 10.2 Å². The van der Waals surface area contributed by atoms with E-state index in [9.17, 15) is 14.4 Å².